The molecule has 128 valence electrons. The van der Waals surface area contributed by atoms with E-state index in [1.54, 1.807) is 12.1 Å². The van der Waals surface area contributed by atoms with E-state index in [1.165, 1.54) is 36.4 Å². The summed E-state index contributed by atoms with van der Waals surface area (Å²) in [7, 11) is 0. The average molecular weight is 344 g/mol. The number of isocyanates is 2. The van der Waals surface area contributed by atoms with E-state index in [0.717, 1.165) is 0 Å². The molecule has 0 aliphatic carbocycles. The highest BCUT2D eigenvalue weighted by molar-refractivity contribution is 6.01. The monoisotopic (exact) mass is 344 g/mol. The second kappa shape index (κ2) is 10.1. The van der Waals surface area contributed by atoms with Gasteiger partial charge in [0.1, 0.15) is 24.6 Å². The van der Waals surface area contributed by atoms with Crippen LogP contribution in [0.25, 0.3) is 0 Å². The summed E-state index contributed by atoms with van der Waals surface area (Å²) in [6.45, 7) is 0.322. The Balaban J connectivity index is 0.000000251. The number of furan rings is 1. The largest absolute Gasteiger partial charge is 0.478 e. The van der Waals surface area contributed by atoms with E-state index < -0.39 is 11.9 Å². The maximum Gasteiger partial charge on any atom is 0.336 e. The molecule has 9 nitrogen and oxygen atoms in total. The minimum Gasteiger partial charge on any atom is -0.478 e. The van der Waals surface area contributed by atoms with Crippen LogP contribution in [-0.2, 0) is 22.7 Å². The molecule has 9 heteroatoms. The lowest BCUT2D eigenvalue weighted by atomic mass is 10.1. The molecule has 1 aromatic carbocycles. The van der Waals surface area contributed by atoms with Gasteiger partial charge in [-0.3, -0.25) is 0 Å². The van der Waals surface area contributed by atoms with Gasteiger partial charge in [0.05, 0.1) is 11.1 Å². The molecule has 0 saturated carbocycles. The van der Waals surface area contributed by atoms with Crippen LogP contribution in [0.2, 0.25) is 0 Å². The van der Waals surface area contributed by atoms with Crippen molar-refractivity contribution in [3.63, 3.8) is 0 Å². The van der Waals surface area contributed by atoms with Crippen molar-refractivity contribution in [1.29, 1.82) is 0 Å². The zero-order chi connectivity index (χ0) is 18.7. The highest BCUT2D eigenvalue weighted by Crippen LogP contribution is 2.09. The lowest BCUT2D eigenvalue weighted by Gasteiger charge is -1.98. The molecule has 2 rings (SSSR count). The predicted octanol–water partition coefficient (Wildman–Crippen LogP) is 2.03. The zero-order valence-electron chi connectivity index (χ0n) is 12.7. The second-order valence-corrected chi connectivity index (χ2v) is 4.34. The number of hydrogen-bond acceptors (Lipinski definition) is 7. The number of aliphatic imine (C=N–C) groups is 2. The number of carbonyl (C=O) groups excluding carboxylic acids is 2. The van der Waals surface area contributed by atoms with Gasteiger partial charge in [0.15, 0.2) is 0 Å². The molecule has 2 aromatic rings. The number of carboxylic acids is 2. The van der Waals surface area contributed by atoms with Crippen molar-refractivity contribution in [3.8, 4) is 0 Å². The molecule has 0 radical (unpaired) electrons. The third-order valence-electron chi connectivity index (χ3n) is 2.70. The van der Waals surface area contributed by atoms with Crippen LogP contribution >= 0.6 is 0 Å². The van der Waals surface area contributed by atoms with Gasteiger partial charge >= 0.3 is 11.9 Å². The van der Waals surface area contributed by atoms with Gasteiger partial charge in [-0.1, -0.05) is 12.1 Å². The van der Waals surface area contributed by atoms with Crippen LogP contribution in [0.15, 0.2) is 50.8 Å². The van der Waals surface area contributed by atoms with E-state index in [1.807, 2.05) is 0 Å². The summed E-state index contributed by atoms with van der Waals surface area (Å²) in [6, 6.07) is 8.80. The topological polar surface area (TPSA) is 147 Å². The molecular weight excluding hydrogens is 332 g/mol. The molecule has 1 aromatic heterocycles. The maximum absolute atomic E-state index is 10.5. The van der Waals surface area contributed by atoms with Crippen LogP contribution in [0, 0.1) is 0 Å². The molecule has 0 unspecified atom stereocenters. The van der Waals surface area contributed by atoms with Gasteiger partial charge in [0.25, 0.3) is 0 Å². The Morgan fingerprint density at radius 2 is 1.24 bits per heavy atom. The van der Waals surface area contributed by atoms with Gasteiger partial charge < -0.3 is 14.6 Å². The SMILES string of the molecule is O=C(O)c1ccccc1C(=O)O.O=C=NCc1ccc(CN=C=O)o1. The van der Waals surface area contributed by atoms with Crippen LogP contribution < -0.4 is 0 Å². The summed E-state index contributed by atoms with van der Waals surface area (Å²) in [6.07, 6.45) is 2.80. The minimum absolute atomic E-state index is 0.161. The van der Waals surface area contributed by atoms with Crippen LogP contribution in [0.1, 0.15) is 32.2 Å². The number of aromatic carboxylic acids is 2. The third kappa shape index (κ3) is 6.45. The van der Waals surface area contributed by atoms with Gasteiger partial charge in [-0.2, -0.15) is 9.98 Å². The second-order valence-electron chi connectivity index (χ2n) is 4.34. The first kappa shape index (κ1) is 19.2. The van der Waals surface area contributed by atoms with Crippen molar-refractivity contribution < 1.29 is 33.8 Å². The summed E-state index contributed by atoms with van der Waals surface area (Å²) >= 11 is 0. The Kier molecular flexibility index (Phi) is 7.75. The smallest absolute Gasteiger partial charge is 0.336 e. The van der Waals surface area contributed by atoms with Gasteiger partial charge in [0.2, 0.25) is 12.2 Å². The first-order valence-corrected chi connectivity index (χ1v) is 6.70. The van der Waals surface area contributed by atoms with Gasteiger partial charge in [0, 0.05) is 0 Å². The molecule has 0 aliphatic rings. The minimum atomic E-state index is -1.23. The Labute approximate surface area is 141 Å². The van der Waals surface area contributed by atoms with Crippen molar-refractivity contribution in [2.45, 2.75) is 13.1 Å². The normalized spacial score (nSPS) is 8.96. The Hall–Kier alpha value is -3.80. The van der Waals surface area contributed by atoms with Crippen molar-refractivity contribution in [1.82, 2.24) is 0 Å². The van der Waals surface area contributed by atoms with Crippen LogP contribution in [-0.4, -0.2) is 34.3 Å². The van der Waals surface area contributed by atoms with Crippen molar-refractivity contribution >= 4 is 24.1 Å². The van der Waals surface area contributed by atoms with Gasteiger partial charge in [-0.15, -0.1) is 0 Å². The number of benzene rings is 1. The summed E-state index contributed by atoms with van der Waals surface area (Å²) in [5, 5.41) is 17.1. The van der Waals surface area contributed by atoms with Crippen LogP contribution in [0.5, 0.6) is 0 Å². The number of carbonyl (C=O) groups is 2. The molecule has 0 spiro atoms. The molecule has 0 aliphatic heterocycles. The summed E-state index contributed by atoms with van der Waals surface area (Å²) in [5.74, 6) is -1.38. The molecule has 1 heterocycles. The lowest BCUT2D eigenvalue weighted by molar-refractivity contribution is 0.0651. The fourth-order valence-corrected chi connectivity index (χ4v) is 1.67. The predicted molar refractivity (Wildman–Crippen MR) is 82.7 cm³/mol. The van der Waals surface area contributed by atoms with Crippen LogP contribution in [0.4, 0.5) is 0 Å². The van der Waals surface area contributed by atoms with Crippen molar-refractivity contribution in [2.24, 2.45) is 9.98 Å². The summed E-state index contributed by atoms with van der Waals surface area (Å²) < 4.78 is 5.14. The molecule has 2 N–H and O–H groups in total. The summed E-state index contributed by atoms with van der Waals surface area (Å²) in [4.78, 5) is 47.1. The van der Waals surface area contributed by atoms with Gasteiger partial charge in [-0.25, -0.2) is 19.2 Å². The van der Waals surface area contributed by atoms with E-state index in [2.05, 4.69) is 9.98 Å². The molecule has 0 amide bonds. The van der Waals surface area contributed by atoms with E-state index in [-0.39, 0.29) is 24.2 Å². The fraction of sp³-hybridized carbons (Fsp3) is 0.125. The highest BCUT2D eigenvalue weighted by Gasteiger charge is 2.13. The number of hydrogen-bond donors (Lipinski definition) is 2. The maximum atomic E-state index is 10.5. The first-order chi connectivity index (χ1) is 12.0. The first-order valence-electron chi connectivity index (χ1n) is 6.70. The molecular formula is C16H12N2O7. The van der Waals surface area contributed by atoms with E-state index in [9.17, 15) is 19.2 Å². The Morgan fingerprint density at radius 1 is 0.840 bits per heavy atom. The fourth-order valence-electron chi connectivity index (χ4n) is 1.67. The average Bonchev–Trinajstić information content (AvgIpc) is 3.06. The summed E-state index contributed by atoms with van der Waals surface area (Å²) in [5.41, 5.74) is -0.380. The molecule has 25 heavy (non-hydrogen) atoms. The molecule has 0 saturated heterocycles. The number of carboxylic acid groups (broad SMARTS) is 2. The number of nitrogens with zero attached hydrogens (tertiary/aromatic N) is 2. The van der Waals surface area contributed by atoms with Crippen molar-refractivity contribution in [2.75, 3.05) is 0 Å². The highest BCUT2D eigenvalue weighted by atomic mass is 16.4. The third-order valence-corrected chi connectivity index (χ3v) is 2.70. The lowest BCUT2D eigenvalue weighted by Crippen LogP contribution is -2.06. The molecule has 0 bridgehead atoms. The quantitative estimate of drug-likeness (QED) is 0.602. The van der Waals surface area contributed by atoms with E-state index >= 15 is 0 Å². The van der Waals surface area contributed by atoms with Crippen molar-refractivity contribution in [3.05, 3.63) is 59.0 Å². The zero-order valence-corrected chi connectivity index (χ0v) is 12.7. The molecule has 0 atom stereocenters. The van der Waals surface area contributed by atoms with E-state index in [4.69, 9.17) is 14.6 Å². The van der Waals surface area contributed by atoms with E-state index in [0.29, 0.717) is 11.5 Å². The molecule has 0 fully saturated rings. The van der Waals surface area contributed by atoms with Crippen LogP contribution in [0.3, 0.4) is 0 Å². The standard InChI is InChI=1S/C8H6N2O3.C8H6O4/c11-5-9-3-7-1-2-8(13-7)4-10-6-12;9-7(10)5-3-1-2-4-6(5)8(11)12/h1-2H,3-4H2;1-4H,(H,9,10)(H,11,12). The van der Waals surface area contributed by atoms with Gasteiger partial charge in [-0.05, 0) is 24.3 Å². The Bertz CT molecular complexity index is 776. The Morgan fingerprint density at radius 3 is 1.56 bits per heavy atom. The number of rotatable bonds is 6.